The SMILES string of the molecule is C[B]C(C)(C)O[B]C(C)(C)C. The van der Waals surface area contributed by atoms with Gasteiger partial charge in [0.2, 0.25) is 0 Å². The van der Waals surface area contributed by atoms with Gasteiger partial charge in [-0.25, -0.2) is 0 Å². The van der Waals surface area contributed by atoms with Crippen LogP contribution in [0.5, 0.6) is 0 Å². The molecule has 0 aromatic rings. The third kappa shape index (κ3) is 6.49. The Morgan fingerprint density at radius 2 is 1.45 bits per heavy atom. The van der Waals surface area contributed by atoms with Crippen molar-refractivity contribution in [2.75, 3.05) is 0 Å². The summed E-state index contributed by atoms with van der Waals surface area (Å²) in [5.74, 6) is 0. The minimum Gasteiger partial charge on any atom is -0.443 e. The van der Waals surface area contributed by atoms with Crippen LogP contribution in [0.3, 0.4) is 0 Å². The van der Waals surface area contributed by atoms with E-state index in [4.69, 9.17) is 4.65 Å². The molecule has 0 aromatic carbocycles. The largest absolute Gasteiger partial charge is 0.443 e. The highest BCUT2D eigenvalue weighted by molar-refractivity contribution is 6.40. The van der Waals surface area contributed by atoms with Gasteiger partial charge in [-0.15, -0.1) is 0 Å². The fourth-order valence-electron chi connectivity index (χ4n) is 0.397. The zero-order valence-electron chi connectivity index (χ0n) is 8.56. The second-order valence-corrected chi connectivity index (χ2v) is 4.49. The van der Waals surface area contributed by atoms with Crippen LogP contribution in [0.4, 0.5) is 0 Å². The molecule has 0 saturated heterocycles. The van der Waals surface area contributed by atoms with Crippen LogP contribution in [0, 0.1) is 0 Å². The fraction of sp³-hybridized carbons (Fsp3) is 1.00. The molecule has 0 unspecified atom stereocenters. The highest BCUT2D eigenvalue weighted by atomic mass is 16.4. The van der Waals surface area contributed by atoms with Crippen LogP contribution in [-0.4, -0.2) is 20.3 Å². The maximum Gasteiger partial charge on any atom is 0.297 e. The molecule has 0 amide bonds. The summed E-state index contributed by atoms with van der Waals surface area (Å²) in [6.45, 7) is 12.5. The van der Waals surface area contributed by atoms with Crippen LogP contribution >= 0.6 is 0 Å². The van der Waals surface area contributed by atoms with Crippen LogP contribution < -0.4 is 0 Å². The van der Waals surface area contributed by atoms with Gasteiger partial charge in [0.1, 0.15) is 7.28 Å². The molecule has 62 valence electrons. The maximum absolute atomic E-state index is 5.56. The van der Waals surface area contributed by atoms with E-state index in [2.05, 4.69) is 41.9 Å². The maximum atomic E-state index is 5.56. The molecule has 0 saturated carbocycles. The smallest absolute Gasteiger partial charge is 0.297 e. The van der Waals surface area contributed by atoms with Gasteiger partial charge in [0, 0.05) is 5.50 Å². The van der Waals surface area contributed by atoms with Crippen LogP contribution in [0.1, 0.15) is 34.6 Å². The van der Waals surface area contributed by atoms with Gasteiger partial charge in [0.15, 0.2) is 0 Å². The summed E-state index contributed by atoms with van der Waals surface area (Å²) in [6.07, 6.45) is 0. The van der Waals surface area contributed by atoms with E-state index in [1.807, 2.05) is 14.3 Å². The van der Waals surface area contributed by atoms with Crippen molar-refractivity contribution in [2.45, 2.75) is 52.3 Å². The van der Waals surface area contributed by atoms with Gasteiger partial charge in [-0.2, -0.15) is 0 Å². The molecule has 3 heteroatoms. The van der Waals surface area contributed by atoms with Crippen LogP contribution in [0.25, 0.3) is 0 Å². The van der Waals surface area contributed by atoms with Gasteiger partial charge in [-0.3, -0.25) is 0 Å². The molecule has 0 fully saturated rings. The first-order valence-electron chi connectivity index (χ1n) is 4.09. The highest BCUT2D eigenvalue weighted by Gasteiger charge is 2.21. The van der Waals surface area contributed by atoms with Crippen molar-refractivity contribution in [1.82, 2.24) is 0 Å². The van der Waals surface area contributed by atoms with E-state index in [9.17, 15) is 0 Å². The summed E-state index contributed by atoms with van der Waals surface area (Å²) < 4.78 is 5.56. The van der Waals surface area contributed by atoms with Crippen molar-refractivity contribution >= 4 is 14.8 Å². The van der Waals surface area contributed by atoms with Crippen molar-refractivity contribution in [2.24, 2.45) is 0 Å². The molecule has 0 aromatic heterocycles. The second-order valence-electron chi connectivity index (χ2n) is 4.49. The van der Waals surface area contributed by atoms with Crippen molar-refractivity contribution in [3.05, 3.63) is 0 Å². The molecule has 1 nitrogen and oxygen atoms in total. The Morgan fingerprint density at radius 1 is 1.00 bits per heavy atom. The summed E-state index contributed by atoms with van der Waals surface area (Å²) in [6, 6.07) is 0. The molecule has 0 bridgehead atoms. The fourth-order valence-corrected chi connectivity index (χ4v) is 0.397. The van der Waals surface area contributed by atoms with Crippen LogP contribution in [0.15, 0.2) is 0 Å². The van der Waals surface area contributed by atoms with Gasteiger partial charge >= 0.3 is 0 Å². The van der Waals surface area contributed by atoms with Crippen LogP contribution in [-0.2, 0) is 4.65 Å². The van der Waals surface area contributed by atoms with E-state index < -0.39 is 0 Å². The first-order chi connectivity index (χ1) is 4.77. The van der Waals surface area contributed by atoms with Gasteiger partial charge in [0.05, 0.1) is 0 Å². The molecule has 2 radical (unpaired) electrons. The van der Waals surface area contributed by atoms with E-state index in [-0.39, 0.29) is 10.8 Å². The lowest BCUT2D eigenvalue weighted by Gasteiger charge is -2.27. The molecule has 0 rings (SSSR count). The summed E-state index contributed by atoms with van der Waals surface area (Å²) in [5, 5.41) is 0.139. The van der Waals surface area contributed by atoms with E-state index >= 15 is 0 Å². The average molecular weight is 152 g/mol. The van der Waals surface area contributed by atoms with E-state index in [0.29, 0.717) is 0 Å². The quantitative estimate of drug-likeness (QED) is 0.563. The van der Waals surface area contributed by atoms with E-state index in [1.165, 1.54) is 0 Å². The normalized spacial score (nSPS) is 12.9. The zero-order valence-corrected chi connectivity index (χ0v) is 8.56. The molecule has 0 N–H and O–H groups in total. The van der Waals surface area contributed by atoms with Crippen molar-refractivity contribution in [3.63, 3.8) is 0 Å². The Bertz CT molecular complexity index is 116. The van der Waals surface area contributed by atoms with Crippen molar-refractivity contribution < 1.29 is 4.65 Å². The van der Waals surface area contributed by atoms with E-state index in [1.54, 1.807) is 0 Å². The minimum atomic E-state index is -0.132. The number of hydrogen-bond acceptors (Lipinski definition) is 1. The molecular weight excluding hydrogens is 134 g/mol. The number of hydrogen-bond donors (Lipinski definition) is 0. The summed E-state index contributed by atoms with van der Waals surface area (Å²) in [4.78, 5) is 0. The monoisotopic (exact) mass is 152 g/mol. The second kappa shape index (κ2) is 3.66. The lowest BCUT2D eigenvalue weighted by Crippen LogP contribution is -2.34. The molecule has 0 aliphatic rings. The molecule has 0 atom stereocenters. The third-order valence-corrected chi connectivity index (χ3v) is 1.41. The summed E-state index contributed by atoms with van der Waals surface area (Å²) in [7, 11) is 3.95. The van der Waals surface area contributed by atoms with Gasteiger partial charge < -0.3 is 4.65 Å². The van der Waals surface area contributed by atoms with Crippen LogP contribution in [0.2, 0.25) is 12.1 Å². The Kier molecular flexibility index (Phi) is 3.69. The predicted molar refractivity (Wildman–Crippen MR) is 52.3 cm³/mol. The van der Waals surface area contributed by atoms with Gasteiger partial charge in [-0.1, -0.05) is 27.6 Å². The Balaban J connectivity index is 3.70. The summed E-state index contributed by atoms with van der Waals surface area (Å²) in [5.41, 5.74) is -0.132. The zero-order chi connectivity index (χ0) is 9.12. The Hall–Kier alpha value is 0.0899. The molecular formula is C8H18B2O. The molecule has 0 heterocycles. The third-order valence-electron chi connectivity index (χ3n) is 1.41. The highest BCUT2D eigenvalue weighted by Crippen LogP contribution is 2.22. The number of rotatable bonds is 3. The Labute approximate surface area is 72.4 Å². The predicted octanol–water partition coefficient (Wildman–Crippen LogP) is 2.33. The van der Waals surface area contributed by atoms with Gasteiger partial charge in [0.25, 0.3) is 7.48 Å². The minimum absolute atomic E-state index is 0.132. The lowest BCUT2D eigenvalue weighted by atomic mass is 9.61. The molecule has 0 spiro atoms. The van der Waals surface area contributed by atoms with Crippen molar-refractivity contribution in [3.8, 4) is 0 Å². The first kappa shape index (κ1) is 11.1. The average Bonchev–Trinajstić information content (AvgIpc) is 1.83. The Morgan fingerprint density at radius 3 is 1.73 bits per heavy atom. The van der Waals surface area contributed by atoms with Gasteiger partial charge in [-0.05, 0) is 19.2 Å². The van der Waals surface area contributed by atoms with Crippen molar-refractivity contribution in [1.29, 1.82) is 0 Å². The summed E-state index contributed by atoms with van der Waals surface area (Å²) >= 11 is 0. The lowest BCUT2D eigenvalue weighted by molar-refractivity contribution is 0.196. The molecule has 0 aliphatic heterocycles. The molecule has 0 aliphatic carbocycles. The topological polar surface area (TPSA) is 9.23 Å². The standard InChI is InChI=1S/C8H18B2O/c1-7(2,3)10-11-8(4,5)9-6/h1-6H3. The first-order valence-corrected chi connectivity index (χ1v) is 4.09. The van der Waals surface area contributed by atoms with E-state index in [0.717, 1.165) is 0 Å². The molecule has 11 heavy (non-hydrogen) atoms.